The summed E-state index contributed by atoms with van der Waals surface area (Å²) in [6, 6.07) is 2.05. The van der Waals surface area contributed by atoms with Crippen LogP contribution in [0.3, 0.4) is 0 Å². The predicted octanol–water partition coefficient (Wildman–Crippen LogP) is 4.77. The number of hydrogen-bond donors (Lipinski definition) is 3. The number of fused-ring (bicyclic) bond motifs is 8. The number of hydrogen-bond acceptors (Lipinski definition) is 12. The van der Waals surface area contributed by atoms with Crippen LogP contribution in [-0.4, -0.2) is 93.4 Å². The second-order valence-corrected chi connectivity index (χ2v) is 17.5. The number of carbonyl (C=O) groups is 3. The standard InChI is InChI=1S/C40H56N2O11/c1-12-27-50-31-28-21(3)25(49-34(45)30(44)29(24-14-13-20(2)18-41-24)42-35(46)53-36(6,7)8)17-40(47,37(28,9)10)22(4)32-38(11,33(31)51-27)16-15-26-39(32,19-48-26)52-23(5)43/h12-14,18,22,25-27,29-33,44,47H,1,15-17,19H2,2-11H3,(H,42,46)/t22-,25-,26+,27+,29-,30+,31+,32-,33+,38+,39-,40+/m0/s1. The van der Waals surface area contributed by atoms with Gasteiger partial charge in [-0.1, -0.05) is 40.3 Å². The average Bonchev–Trinajstić information content (AvgIpc) is 3.48. The Morgan fingerprint density at radius 2 is 1.85 bits per heavy atom. The number of aryl methyl sites for hydroxylation is 1. The van der Waals surface area contributed by atoms with Gasteiger partial charge in [0, 0.05) is 36.3 Å². The van der Waals surface area contributed by atoms with Gasteiger partial charge in [-0.15, -0.1) is 0 Å². The smallest absolute Gasteiger partial charge is 0.408 e. The highest BCUT2D eigenvalue weighted by Gasteiger charge is 2.75. The molecule has 6 rings (SSSR count). The molecule has 53 heavy (non-hydrogen) atoms. The molecule has 3 heterocycles. The number of amides is 1. The van der Waals surface area contributed by atoms with Crippen LogP contribution in [0.1, 0.15) is 98.9 Å². The molecule has 1 amide bonds. The number of nitrogens with zero attached hydrogens (tertiary/aromatic N) is 1. The molecule has 1 aromatic heterocycles. The van der Waals surface area contributed by atoms with Crippen LogP contribution in [0.5, 0.6) is 0 Å². The summed E-state index contributed by atoms with van der Waals surface area (Å²) in [6.07, 6.45) is -1.68. The average molecular weight is 741 g/mol. The fourth-order valence-electron chi connectivity index (χ4n) is 10.3. The van der Waals surface area contributed by atoms with Crippen molar-refractivity contribution < 1.29 is 53.0 Å². The van der Waals surface area contributed by atoms with Gasteiger partial charge in [-0.25, -0.2) is 9.59 Å². The molecule has 1 aromatic rings. The number of ether oxygens (including phenoxy) is 6. The van der Waals surface area contributed by atoms with E-state index < -0.39 is 94.2 Å². The highest BCUT2D eigenvalue weighted by Crippen LogP contribution is 2.67. The lowest BCUT2D eigenvalue weighted by molar-refractivity contribution is -0.337. The zero-order chi connectivity index (χ0) is 39.1. The maximum atomic E-state index is 14.1. The summed E-state index contributed by atoms with van der Waals surface area (Å²) >= 11 is 0. The van der Waals surface area contributed by atoms with Gasteiger partial charge in [0.25, 0.3) is 0 Å². The van der Waals surface area contributed by atoms with Crippen LogP contribution in [0.2, 0.25) is 0 Å². The first-order valence-corrected chi connectivity index (χ1v) is 18.6. The van der Waals surface area contributed by atoms with Crippen LogP contribution in [-0.2, 0) is 38.0 Å². The van der Waals surface area contributed by atoms with Crippen LogP contribution < -0.4 is 5.32 Å². The second kappa shape index (κ2) is 13.4. The first-order chi connectivity index (χ1) is 24.6. The van der Waals surface area contributed by atoms with Crippen molar-refractivity contribution >= 4 is 18.0 Å². The quantitative estimate of drug-likeness (QED) is 0.199. The van der Waals surface area contributed by atoms with Crippen molar-refractivity contribution in [3.8, 4) is 0 Å². The third kappa shape index (κ3) is 6.39. The molecule has 2 aliphatic heterocycles. The Kier molecular flexibility index (Phi) is 9.97. The van der Waals surface area contributed by atoms with E-state index in [9.17, 15) is 24.6 Å². The normalized spacial score (nSPS) is 38.3. The highest BCUT2D eigenvalue weighted by molar-refractivity contribution is 5.78. The van der Waals surface area contributed by atoms with E-state index in [1.807, 2.05) is 34.6 Å². The molecule has 12 atom stereocenters. The minimum atomic E-state index is -1.90. The van der Waals surface area contributed by atoms with E-state index in [1.54, 1.807) is 45.2 Å². The molecule has 0 unspecified atom stereocenters. The molecule has 292 valence electrons. The number of nitrogens with one attached hydrogen (secondary N) is 1. The van der Waals surface area contributed by atoms with E-state index in [-0.39, 0.29) is 24.8 Å². The number of aromatic nitrogens is 1. The van der Waals surface area contributed by atoms with Crippen LogP contribution in [0, 0.1) is 29.6 Å². The van der Waals surface area contributed by atoms with Gasteiger partial charge in [-0.2, -0.15) is 0 Å². The lowest BCUT2D eigenvalue weighted by atomic mass is 9.43. The number of esters is 2. The fourth-order valence-corrected chi connectivity index (χ4v) is 10.3. The van der Waals surface area contributed by atoms with E-state index in [0.29, 0.717) is 18.4 Å². The molecule has 3 aliphatic carbocycles. The lowest BCUT2D eigenvalue weighted by Crippen LogP contribution is -2.77. The van der Waals surface area contributed by atoms with Gasteiger partial charge in [0.15, 0.2) is 18.0 Å². The van der Waals surface area contributed by atoms with E-state index in [2.05, 4.69) is 23.8 Å². The largest absolute Gasteiger partial charge is 0.456 e. The predicted molar refractivity (Wildman–Crippen MR) is 191 cm³/mol. The van der Waals surface area contributed by atoms with Crippen molar-refractivity contribution in [2.45, 2.75) is 148 Å². The number of aliphatic hydroxyl groups excluding tert-OH is 1. The van der Waals surface area contributed by atoms with Crippen LogP contribution in [0.4, 0.5) is 4.79 Å². The molecule has 13 nitrogen and oxygen atoms in total. The molecule has 5 aliphatic rings. The molecule has 0 radical (unpaired) electrons. The van der Waals surface area contributed by atoms with Gasteiger partial charge in [0.05, 0.1) is 24.0 Å². The zero-order valence-electron chi connectivity index (χ0n) is 32.6. The van der Waals surface area contributed by atoms with Crippen molar-refractivity contribution in [2.24, 2.45) is 22.7 Å². The summed E-state index contributed by atoms with van der Waals surface area (Å²) in [7, 11) is 0. The van der Waals surface area contributed by atoms with E-state index in [0.717, 1.165) is 11.1 Å². The topological polar surface area (TPSA) is 172 Å². The van der Waals surface area contributed by atoms with Crippen molar-refractivity contribution in [1.29, 1.82) is 0 Å². The maximum Gasteiger partial charge on any atom is 0.408 e. The minimum absolute atomic E-state index is 0.0285. The Hall–Kier alpha value is -3.36. The first kappa shape index (κ1) is 39.3. The van der Waals surface area contributed by atoms with Gasteiger partial charge in [0.1, 0.15) is 30.0 Å². The summed E-state index contributed by atoms with van der Waals surface area (Å²) in [4.78, 5) is 44.1. The van der Waals surface area contributed by atoms with Crippen LogP contribution in [0.15, 0.2) is 42.1 Å². The Balaban J connectivity index is 1.42. The minimum Gasteiger partial charge on any atom is -0.456 e. The van der Waals surface area contributed by atoms with Gasteiger partial charge in [-0.3, -0.25) is 9.78 Å². The Bertz CT molecular complexity index is 1670. The third-order valence-electron chi connectivity index (χ3n) is 12.7. The van der Waals surface area contributed by atoms with Crippen LogP contribution >= 0.6 is 0 Å². The summed E-state index contributed by atoms with van der Waals surface area (Å²) < 4.78 is 37.2. The molecule has 2 bridgehead atoms. The summed E-state index contributed by atoms with van der Waals surface area (Å²) in [6.45, 7) is 22.3. The number of aliphatic hydroxyl groups is 2. The molecular formula is C40H56N2O11. The summed E-state index contributed by atoms with van der Waals surface area (Å²) in [5, 5.41) is 27.5. The molecule has 13 heteroatoms. The molecule has 2 saturated carbocycles. The van der Waals surface area contributed by atoms with Crippen molar-refractivity contribution in [1.82, 2.24) is 10.3 Å². The number of pyridine rings is 1. The van der Waals surface area contributed by atoms with E-state index in [4.69, 9.17) is 28.4 Å². The molecule has 0 aromatic carbocycles. The monoisotopic (exact) mass is 740 g/mol. The SMILES string of the molecule is C=C[C@@H]1O[C@@H]2C3=C(C)[C@@H](OC(=O)[C@H](O)[C@@H](NC(=O)OC(C)(C)C)c4ccc(C)cn4)C[C@@](O)([C@@H](C)[C@H]4[C@@](C)(CC[C@H]5OC[C@]54OC(C)=O)[C@@H]2O1)C3(C)C. The Morgan fingerprint density at radius 1 is 1.15 bits per heavy atom. The number of carbonyl (C=O) groups excluding carboxylic acids is 3. The molecule has 0 spiro atoms. The van der Waals surface area contributed by atoms with Gasteiger partial charge >= 0.3 is 18.0 Å². The summed E-state index contributed by atoms with van der Waals surface area (Å²) in [5.41, 5.74) is -2.56. The van der Waals surface area contributed by atoms with Crippen molar-refractivity contribution in [2.75, 3.05) is 6.61 Å². The van der Waals surface area contributed by atoms with E-state index in [1.165, 1.54) is 6.92 Å². The van der Waals surface area contributed by atoms with Crippen LogP contribution in [0.25, 0.3) is 0 Å². The van der Waals surface area contributed by atoms with Gasteiger partial charge in [-0.05, 0) is 82.2 Å². The Labute approximate surface area is 311 Å². The molecule has 2 saturated heterocycles. The van der Waals surface area contributed by atoms with Gasteiger partial charge in [0.2, 0.25) is 0 Å². The first-order valence-electron chi connectivity index (χ1n) is 18.6. The second-order valence-electron chi connectivity index (χ2n) is 17.5. The Morgan fingerprint density at radius 3 is 2.42 bits per heavy atom. The molecular weight excluding hydrogens is 684 g/mol. The molecule has 4 fully saturated rings. The highest BCUT2D eigenvalue weighted by atomic mass is 16.7. The molecule has 3 N–H and O–H groups in total. The third-order valence-corrected chi connectivity index (χ3v) is 12.7. The maximum absolute atomic E-state index is 14.1. The number of rotatable bonds is 7. The number of alkyl carbamates (subject to hydrolysis) is 1. The van der Waals surface area contributed by atoms with Gasteiger partial charge < -0.3 is 44.0 Å². The van der Waals surface area contributed by atoms with E-state index >= 15 is 0 Å². The zero-order valence-corrected chi connectivity index (χ0v) is 32.6. The van der Waals surface area contributed by atoms with Crippen molar-refractivity contribution in [3.63, 3.8) is 0 Å². The lowest BCUT2D eigenvalue weighted by Gasteiger charge is -2.68. The summed E-state index contributed by atoms with van der Waals surface area (Å²) in [5.74, 6) is -2.47. The fraction of sp³-hybridized carbons (Fsp3) is 0.700. The van der Waals surface area contributed by atoms with Crippen molar-refractivity contribution in [3.05, 3.63) is 53.4 Å².